The zero-order valence-corrected chi connectivity index (χ0v) is 17.4. The Labute approximate surface area is 173 Å². The van der Waals surface area contributed by atoms with Crippen molar-refractivity contribution in [3.8, 4) is 5.75 Å². The molecule has 1 heterocycles. The molecule has 1 N–H and O–H groups in total. The number of ether oxygens (including phenoxy) is 1. The highest BCUT2D eigenvalue weighted by Crippen LogP contribution is 2.29. The minimum absolute atomic E-state index is 0.116. The molecule has 28 heavy (non-hydrogen) atoms. The van der Waals surface area contributed by atoms with Gasteiger partial charge in [0.05, 0.1) is 22.8 Å². The summed E-state index contributed by atoms with van der Waals surface area (Å²) in [7, 11) is -3.31. The van der Waals surface area contributed by atoms with Gasteiger partial charge in [0.1, 0.15) is 12.4 Å². The molecule has 1 aliphatic rings. The van der Waals surface area contributed by atoms with Crippen LogP contribution in [-0.2, 0) is 10.0 Å². The van der Waals surface area contributed by atoms with E-state index in [-0.39, 0.29) is 6.03 Å². The zero-order chi connectivity index (χ0) is 20.3. The van der Waals surface area contributed by atoms with Crippen molar-refractivity contribution in [3.63, 3.8) is 0 Å². The second-order valence-corrected chi connectivity index (χ2v) is 8.83. The number of hydrogen-bond donors (Lipinski definition) is 1. The number of hydrogen-bond acceptors (Lipinski definition) is 4. The zero-order valence-electron chi connectivity index (χ0n) is 15.1. The summed E-state index contributed by atoms with van der Waals surface area (Å²) < 4.78 is 30.4. The van der Waals surface area contributed by atoms with Crippen LogP contribution in [0.5, 0.6) is 5.75 Å². The van der Waals surface area contributed by atoms with Crippen LogP contribution in [0.25, 0.3) is 0 Å². The molecule has 2 aromatic rings. The number of anilines is 2. The minimum atomic E-state index is -3.31. The van der Waals surface area contributed by atoms with Gasteiger partial charge in [0.15, 0.2) is 0 Å². The van der Waals surface area contributed by atoms with Gasteiger partial charge in [-0.15, -0.1) is 0 Å². The fraction of sp³-hybridized carbons (Fsp3) is 0.278. The Kier molecular flexibility index (Phi) is 6.22. The summed E-state index contributed by atoms with van der Waals surface area (Å²) in [5, 5.41) is 0.850. The van der Waals surface area contributed by atoms with Gasteiger partial charge >= 0.3 is 6.03 Å². The van der Waals surface area contributed by atoms with Crippen LogP contribution in [0.15, 0.2) is 42.5 Å². The van der Waals surface area contributed by atoms with Crippen LogP contribution < -0.4 is 14.4 Å². The molecule has 0 aromatic heterocycles. The molecule has 2 amide bonds. The maximum atomic E-state index is 12.6. The van der Waals surface area contributed by atoms with E-state index in [9.17, 15) is 13.2 Å². The first-order valence-electron chi connectivity index (χ1n) is 8.45. The highest BCUT2D eigenvalue weighted by Gasteiger charge is 2.29. The Morgan fingerprint density at radius 2 is 1.79 bits per heavy atom. The highest BCUT2D eigenvalue weighted by molar-refractivity contribution is 7.92. The fourth-order valence-electron chi connectivity index (χ4n) is 2.79. The molecular formula is C18H19Cl2N3O4S. The fourth-order valence-corrected chi connectivity index (χ4v) is 3.65. The Balaban J connectivity index is 1.51. The van der Waals surface area contributed by atoms with Crippen LogP contribution in [0.3, 0.4) is 0 Å². The number of carbonyl (C=O) groups is 1. The molecule has 0 saturated carbocycles. The van der Waals surface area contributed by atoms with E-state index >= 15 is 0 Å². The van der Waals surface area contributed by atoms with Crippen molar-refractivity contribution in [1.29, 1.82) is 0 Å². The number of urea groups is 1. The Morgan fingerprint density at radius 3 is 2.43 bits per heavy atom. The van der Waals surface area contributed by atoms with E-state index in [0.717, 1.165) is 6.26 Å². The summed E-state index contributed by atoms with van der Waals surface area (Å²) >= 11 is 12.0. The quantitative estimate of drug-likeness (QED) is 0.707. The summed E-state index contributed by atoms with van der Waals surface area (Å²) in [4.78, 5) is 15.9. The van der Waals surface area contributed by atoms with Crippen LogP contribution >= 0.6 is 23.2 Å². The number of nitrogens with zero attached hydrogens (tertiary/aromatic N) is 2. The molecule has 1 fully saturated rings. The largest absolute Gasteiger partial charge is 0.492 e. The standard InChI is InChI=1S/C18H19Cl2N3O4S/c1-28(25,26)21-13-2-5-15(6-3-13)27-11-10-22-8-9-23(18(22)24)14-4-7-16(19)17(20)12-14/h2-7,12,21H,8-11H2,1H3. The third kappa shape index (κ3) is 5.21. The van der Waals surface area contributed by atoms with E-state index in [1.807, 2.05) is 0 Å². The van der Waals surface area contributed by atoms with Crippen molar-refractivity contribution >= 4 is 50.6 Å². The van der Waals surface area contributed by atoms with Gasteiger partial charge in [-0.1, -0.05) is 23.2 Å². The monoisotopic (exact) mass is 443 g/mol. The predicted octanol–water partition coefficient (Wildman–Crippen LogP) is 3.69. The van der Waals surface area contributed by atoms with Crippen molar-refractivity contribution in [2.45, 2.75) is 0 Å². The first-order chi connectivity index (χ1) is 13.2. The molecule has 10 heteroatoms. The van der Waals surface area contributed by atoms with Gasteiger partial charge in [-0.3, -0.25) is 9.62 Å². The third-order valence-corrected chi connectivity index (χ3v) is 5.44. The topological polar surface area (TPSA) is 79.0 Å². The summed E-state index contributed by atoms with van der Waals surface area (Å²) in [5.74, 6) is 0.590. The molecule has 0 atom stereocenters. The second kappa shape index (κ2) is 8.46. The van der Waals surface area contributed by atoms with Gasteiger partial charge in [-0.25, -0.2) is 13.2 Å². The van der Waals surface area contributed by atoms with Crippen LogP contribution in [0.2, 0.25) is 10.0 Å². The lowest BCUT2D eigenvalue weighted by Crippen LogP contribution is -2.34. The van der Waals surface area contributed by atoms with E-state index in [1.165, 1.54) is 0 Å². The number of benzene rings is 2. The van der Waals surface area contributed by atoms with Gasteiger partial charge in [0.2, 0.25) is 10.0 Å². The van der Waals surface area contributed by atoms with Crippen molar-refractivity contribution in [2.75, 3.05) is 42.1 Å². The number of sulfonamides is 1. The summed E-state index contributed by atoms with van der Waals surface area (Å²) in [6.45, 7) is 1.89. The summed E-state index contributed by atoms with van der Waals surface area (Å²) in [5.41, 5.74) is 1.17. The van der Waals surface area contributed by atoms with E-state index in [2.05, 4.69) is 4.72 Å². The molecule has 0 aliphatic carbocycles. The summed E-state index contributed by atoms with van der Waals surface area (Å²) in [6.07, 6.45) is 1.09. The van der Waals surface area contributed by atoms with E-state index < -0.39 is 10.0 Å². The molecule has 3 rings (SSSR count). The Hall–Kier alpha value is -2.16. The van der Waals surface area contributed by atoms with E-state index in [1.54, 1.807) is 52.3 Å². The van der Waals surface area contributed by atoms with E-state index in [4.69, 9.17) is 27.9 Å². The molecule has 7 nitrogen and oxygen atoms in total. The molecule has 150 valence electrons. The first-order valence-corrected chi connectivity index (χ1v) is 11.1. The Bertz CT molecular complexity index is 967. The molecule has 0 spiro atoms. The lowest BCUT2D eigenvalue weighted by molar-refractivity contribution is 0.205. The van der Waals surface area contributed by atoms with E-state index in [0.29, 0.717) is 53.4 Å². The van der Waals surface area contributed by atoms with Crippen molar-refractivity contribution in [2.24, 2.45) is 0 Å². The van der Waals surface area contributed by atoms with Gasteiger partial charge in [0.25, 0.3) is 0 Å². The molecule has 0 unspecified atom stereocenters. The second-order valence-electron chi connectivity index (χ2n) is 6.27. The van der Waals surface area contributed by atoms with Crippen molar-refractivity contribution in [3.05, 3.63) is 52.5 Å². The molecule has 1 saturated heterocycles. The number of amides is 2. The van der Waals surface area contributed by atoms with Crippen LogP contribution in [0.4, 0.5) is 16.2 Å². The molecule has 0 radical (unpaired) electrons. The first kappa shape index (κ1) is 20.6. The number of nitrogens with one attached hydrogen (secondary N) is 1. The minimum Gasteiger partial charge on any atom is -0.492 e. The number of rotatable bonds is 7. The molecular weight excluding hydrogens is 425 g/mol. The van der Waals surface area contributed by atoms with Crippen LogP contribution in [-0.4, -0.2) is 51.8 Å². The Morgan fingerprint density at radius 1 is 1.07 bits per heavy atom. The average Bonchev–Trinajstić information content (AvgIpc) is 2.98. The smallest absolute Gasteiger partial charge is 0.324 e. The van der Waals surface area contributed by atoms with Gasteiger partial charge in [-0.2, -0.15) is 0 Å². The highest BCUT2D eigenvalue weighted by atomic mass is 35.5. The number of halogens is 2. The molecule has 1 aliphatic heterocycles. The maximum Gasteiger partial charge on any atom is 0.324 e. The predicted molar refractivity (Wildman–Crippen MR) is 111 cm³/mol. The average molecular weight is 444 g/mol. The maximum absolute atomic E-state index is 12.6. The van der Waals surface area contributed by atoms with Gasteiger partial charge in [-0.05, 0) is 42.5 Å². The van der Waals surface area contributed by atoms with Crippen LogP contribution in [0.1, 0.15) is 0 Å². The number of carbonyl (C=O) groups excluding carboxylic acids is 1. The van der Waals surface area contributed by atoms with Crippen molar-refractivity contribution < 1.29 is 17.9 Å². The summed E-state index contributed by atoms with van der Waals surface area (Å²) in [6, 6.07) is 11.6. The normalized spacial score (nSPS) is 14.5. The molecule has 0 bridgehead atoms. The van der Waals surface area contributed by atoms with Crippen LogP contribution in [0, 0.1) is 0 Å². The molecule has 2 aromatic carbocycles. The van der Waals surface area contributed by atoms with Gasteiger partial charge in [0, 0.05) is 24.5 Å². The lowest BCUT2D eigenvalue weighted by atomic mass is 10.3. The lowest BCUT2D eigenvalue weighted by Gasteiger charge is -2.19. The van der Waals surface area contributed by atoms with Crippen molar-refractivity contribution in [1.82, 2.24) is 4.90 Å². The van der Waals surface area contributed by atoms with Gasteiger partial charge < -0.3 is 9.64 Å². The SMILES string of the molecule is CS(=O)(=O)Nc1ccc(OCCN2CCN(c3ccc(Cl)c(Cl)c3)C2=O)cc1. The third-order valence-electron chi connectivity index (χ3n) is 4.10.